The zero-order chi connectivity index (χ0) is 19.3. The molecule has 1 N–H and O–H groups in total. The van der Waals surface area contributed by atoms with Gasteiger partial charge in [0.05, 0.1) is 12.7 Å². The first-order valence-electron chi connectivity index (χ1n) is 9.44. The van der Waals surface area contributed by atoms with E-state index in [0.29, 0.717) is 0 Å². The third-order valence-electron chi connectivity index (χ3n) is 4.87. The number of aryl methyl sites for hydroxylation is 1. The Hall–Kier alpha value is -2.92. The molecule has 0 radical (unpaired) electrons. The minimum atomic E-state index is -0.0854. The maximum atomic E-state index is 13.1. The van der Waals surface area contributed by atoms with Gasteiger partial charge in [-0.1, -0.05) is 30.3 Å². The number of amides is 1. The van der Waals surface area contributed by atoms with Crippen LogP contribution in [0.5, 0.6) is 5.75 Å². The predicted molar refractivity (Wildman–Crippen MR) is 116 cm³/mol. The number of thiophene rings is 1. The van der Waals surface area contributed by atoms with Gasteiger partial charge in [-0.2, -0.15) is 0 Å². The van der Waals surface area contributed by atoms with Crippen LogP contribution < -0.4 is 10.1 Å². The minimum absolute atomic E-state index is 0.0854. The number of rotatable bonds is 5. The highest BCUT2D eigenvalue weighted by molar-refractivity contribution is 7.16. The summed E-state index contributed by atoms with van der Waals surface area (Å²) in [6.07, 6.45) is 6.03. The molecule has 1 aliphatic rings. The average molecular weight is 391 g/mol. The summed E-state index contributed by atoms with van der Waals surface area (Å²) in [5, 5.41) is 3.79. The first-order valence-corrected chi connectivity index (χ1v) is 10.3. The lowest BCUT2D eigenvalue weighted by Crippen LogP contribution is -2.14. The SMILES string of the molecule is COc1ccccc1/C=N\c1sc2c(c1C(=O)Nc1ccccc1)CCCC2. The quantitative estimate of drug-likeness (QED) is 0.573. The zero-order valence-electron chi connectivity index (χ0n) is 15.8. The lowest BCUT2D eigenvalue weighted by atomic mass is 9.95. The minimum Gasteiger partial charge on any atom is -0.496 e. The predicted octanol–water partition coefficient (Wildman–Crippen LogP) is 5.64. The summed E-state index contributed by atoms with van der Waals surface area (Å²) >= 11 is 1.63. The summed E-state index contributed by atoms with van der Waals surface area (Å²) in [5.74, 6) is 0.681. The zero-order valence-corrected chi connectivity index (χ0v) is 16.6. The topological polar surface area (TPSA) is 50.7 Å². The number of nitrogens with zero attached hydrogens (tertiary/aromatic N) is 1. The van der Waals surface area contributed by atoms with Gasteiger partial charge in [-0.15, -0.1) is 11.3 Å². The molecule has 1 aromatic heterocycles. The number of nitrogens with one attached hydrogen (secondary N) is 1. The third kappa shape index (κ3) is 3.85. The fourth-order valence-corrected chi connectivity index (χ4v) is 4.72. The fraction of sp³-hybridized carbons (Fsp3) is 0.217. The number of fused-ring (bicyclic) bond motifs is 1. The molecule has 4 nitrogen and oxygen atoms in total. The van der Waals surface area contributed by atoms with Crippen molar-refractivity contribution in [2.24, 2.45) is 4.99 Å². The van der Waals surface area contributed by atoms with Crippen molar-refractivity contribution in [3.05, 3.63) is 76.2 Å². The third-order valence-corrected chi connectivity index (χ3v) is 6.07. The highest BCUT2D eigenvalue weighted by atomic mass is 32.1. The second-order valence-electron chi connectivity index (χ2n) is 6.71. The van der Waals surface area contributed by atoms with Crippen molar-refractivity contribution in [2.75, 3.05) is 12.4 Å². The Morgan fingerprint density at radius 2 is 1.82 bits per heavy atom. The van der Waals surface area contributed by atoms with Gasteiger partial charge in [-0.3, -0.25) is 4.79 Å². The van der Waals surface area contributed by atoms with E-state index < -0.39 is 0 Å². The Morgan fingerprint density at radius 1 is 1.07 bits per heavy atom. The van der Waals surface area contributed by atoms with Crippen LogP contribution in [0, 0.1) is 0 Å². The Labute approximate surface area is 168 Å². The van der Waals surface area contributed by atoms with E-state index in [1.165, 1.54) is 11.3 Å². The molecular weight excluding hydrogens is 368 g/mol. The molecule has 28 heavy (non-hydrogen) atoms. The number of benzene rings is 2. The van der Waals surface area contributed by atoms with Crippen LogP contribution in [-0.4, -0.2) is 19.2 Å². The maximum Gasteiger partial charge on any atom is 0.259 e. The number of carbonyl (C=O) groups is 1. The number of hydrogen-bond acceptors (Lipinski definition) is 4. The average Bonchev–Trinajstić information content (AvgIpc) is 3.11. The summed E-state index contributed by atoms with van der Waals surface area (Å²) in [6, 6.07) is 17.3. The van der Waals surface area contributed by atoms with E-state index in [0.717, 1.165) is 52.4 Å². The lowest BCUT2D eigenvalue weighted by molar-refractivity contribution is 0.102. The molecule has 1 heterocycles. The smallest absolute Gasteiger partial charge is 0.259 e. The Kier molecular flexibility index (Phi) is 5.53. The molecule has 0 fully saturated rings. The van der Waals surface area contributed by atoms with E-state index in [4.69, 9.17) is 9.73 Å². The van der Waals surface area contributed by atoms with Gasteiger partial charge in [0.2, 0.25) is 0 Å². The Morgan fingerprint density at radius 3 is 2.64 bits per heavy atom. The monoisotopic (exact) mass is 390 g/mol. The molecule has 5 heteroatoms. The van der Waals surface area contributed by atoms with Crippen LogP contribution in [0.25, 0.3) is 0 Å². The van der Waals surface area contributed by atoms with Crippen LogP contribution >= 0.6 is 11.3 Å². The summed E-state index contributed by atoms with van der Waals surface area (Å²) < 4.78 is 5.40. The number of para-hydroxylation sites is 2. The van der Waals surface area contributed by atoms with Crippen LogP contribution in [0.4, 0.5) is 10.7 Å². The van der Waals surface area contributed by atoms with Crippen molar-refractivity contribution in [1.82, 2.24) is 0 Å². The molecule has 2 aromatic carbocycles. The first-order chi connectivity index (χ1) is 13.8. The van der Waals surface area contributed by atoms with E-state index in [-0.39, 0.29) is 5.91 Å². The summed E-state index contributed by atoms with van der Waals surface area (Å²) in [5.41, 5.74) is 3.57. The van der Waals surface area contributed by atoms with Gasteiger partial charge in [0.25, 0.3) is 5.91 Å². The molecule has 0 saturated carbocycles. The van der Waals surface area contributed by atoms with Crippen molar-refractivity contribution in [2.45, 2.75) is 25.7 Å². The molecule has 0 atom stereocenters. The number of methoxy groups -OCH3 is 1. The number of anilines is 1. The van der Waals surface area contributed by atoms with E-state index in [1.54, 1.807) is 24.7 Å². The molecule has 0 unspecified atom stereocenters. The summed E-state index contributed by atoms with van der Waals surface area (Å²) in [7, 11) is 1.65. The molecule has 1 aliphatic carbocycles. The number of carbonyl (C=O) groups excluding carboxylic acids is 1. The highest BCUT2D eigenvalue weighted by Gasteiger charge is 2.25. The van der Waals surface area contributed by atoms with Crippen molar-refractivity contribution < 1.29 is 9.53 Å². The maximum absolute atomic E-state index is 13.1. The number of ether oxygens (including phenoxy) is 1. The molecule has 0 aliphatic heterocycles. The van der Waals surface area contributed by atoms with Gasteiger partial charge in [-0.25, -0.2) is 4.99 Å². The van der Waals surface area contributed by atoms with E-state index in [1.807, 2.05) is 54.6 Å². The van der Waals surface area contributed by atoms with Crippen LogP contribution in [0.1, 0.15) is 39.2 Å². The standard InChI is InChI=1S/C23H22N2O2S/c1-27-19-13-7-5-9-16(19)15-24-23-21(18-12-6-8-14-20(18)28-23)22(26)25-17-10-3-2-4-11-17/h2-5,7,9-11,13,15H,6,8,12,14H2,1H3,(H,25,26)/b24-15-. The van der Waals surface area contributed by atoms with Gasteiger partial charge in [0, 0.05) is 22.3 Å². The largest absolute Gasteiger partial charge is 0.496 e. The van der Waals surface area contributed by atoms with E-state index >= 15 is 0 Å². The van der Waals surface area contributed by atoms with Gasteiger partial charge in [0.15, 0.2) is 0 Å². The number of hydrogen-bond donors (Lipinski definition) is 1. The Balaban J connectivity index is 1.70. The normalized spacial score (nSPS) is 13.3. The van der Waals surface area contributed by atoms with Crippen LogP contribution in [0.15, 0.2) is 59.6 Å². The second-order valence-corrected chi connectivity index (χ2v) is 7.79. The van der Waals surface area contributed by atoms with Crippen molar-refractivity contribution in [1.29, 1.82) is 0 Å². The van der Waals surface area contributed by atoms with Crippen LogP contribution in [0.3, 0.4) is 0 Å². The molecule has 1 amide bonds. The molecule has 4 rings (SSSR count). The molecule has 3 aromatic rings. The van der Waals surface area contributed by atoms with Gasteiger partial charge < -0.3 is 10.1 Å². The second kappa shape index (κ2) is 8.40. The molecule has 142 valence electrons. The summed E-state index contributed by atoms with van der Waals surface area (Å²) in [4.78, 5) is 19.1. The molecule has 0 spiro atoms. The van der Waals surface area contributed by atoms with Gasteiger partial charge in [0.1, 0.15) is 10.8 Å². The molecule has 0 bridgehead atoms. The number of aliphatic imine (C=N–C) groups is 1. The van der Waals surface area contributed by atoms with Crippen molar-refractivity contribution in [3.8, 4) is 5.75 Å². The van der Waals surface area contributed by atoms with E-state index in [9.17, 15) is 4.79 Å². The van der Waals surface area contributed by atoms with Gasteiger partial charge in [-0.05, 0) is 55.5 Å². The summed E-state index contributed by atoms with van der Waals surface area (Å²) in [6.45, 7) is 0. The lowest BCUT2D eigenvalue weighted by Gasteiger charge is -2.12. The Bertz CT molecular complexity index is 1010. The van der Waals surface area contributed by atoms with Crippen LogP contribution in [0.2, 0.25) is 0 Å². The van der Waals surface area contributed by atoms with Crippen molar-refractivity contribution in [3.63, 3.8) is 0 Å². The van der Waals surface area contributed by atoms with Crippen molar-refractivity contribution >= 4 is 34.1 Å². The highest BCUT2D eigenvalue weighted by Crippen LogP contribution is 2.40. The molecular formula is C23H22N2O2S. The fourth-order valence-electron chi connectivity index (χ4n) is 3.49. The molecule has 0 saturated heterocycles. The van der Waals surface area contributed by atoms with Gasteiger partial charge >= 0.3 is 0 Å². The van der Waals surface area contributed by atoms with E-state index in [2.05, 4.69) is 5.32 Å². The first kappa shape index (κ1) is 18.4. The van der Waals surface area contributed by atoms with Crippen LogP contribution in [-0.2, 0) is 12.8 Å².